The van der Waals surface area contributed by atoms with Crippen LogP contribution in [0.25, 0.3) is 0 Å². The van der Waals surface area contributed by atoms with E-state index in [4.69, 9.17) is 4.74 Å². The van der Waals surface area contributed by atoms with E-state index in [2.05, 4.69) is 43.5 Å². The molecule has 6 nitrogen and oxygen atoms in total. The fourth-order valence-corrected chi connectivity index (χ4v) is 9.43. The third-order valence-electron chi connectivity index (χ3n) is 14.2. The van der Waals surface area contributed by atoms with Gasteiger partial charge in [-0.25, -0.2) is 0 Å². The Bertz CT molecular complexity index is 1120. The highest BCUT2D eigenvalue weighted by molar-refractivity contribution is 5.76. The largest absolute Gasteiger partial charge is 0.466 e. The maximum absolute atomic E-state index is 12.4. The first-order chi connectivity index (χ1) is 34.0. The standard InChI is InChI=1S/C63H119NO5/c1-3-5-7-9-11-13-14-15-16-17-28-31-34-37-41-45-49-53-57-63(68)69-58-54-50-46-42-38-35-32-29-26-24-22-20-18-19-21-23-25-27-30-33-36-40-44-48-52-56-62(67)64-60(59-65)61(66)55-51-47-43-39-12-10-8-6-4-2/h13-14,16-17,51,55,60-61,65-66H,3-12,15,18-50,52-54,56-59H2,1-2H3,(H,64,67)/b14-13-,17-16-,55-51+. The second-order valence-corrected chi connectivity index (χ2v) is 21.0. The number of esters is 1. The highest BCUT2D eigenvalue weighted by Crippen LogP contribution is 2.17. The van der Waals surface area contributed by atoms with Gasteiger partial charge in [0.05, 0.1) is 25.4 Å². The molecule has 3 N–H and O–H groups in total. The molecule has 0 aliphatic heterocycles. The summed E-state index contributed by atoms with van der Waals surface area (Å²) in [6.07, 6.45) is 73.4. The molecule has 0 aromatic rings. The average Bonchev–Trinajstić information content (AvgIpc) is 3.35. The molecule has 0 rings (SSSR count). The number of ether oxygens (including phenoxy) is 1. The number of allylic oxidation sites excluding steroid dienone is 5. The number of aliphatic hydroxyl groups is 2. The molecule has 0 radical (unpaired) electrons. The summed E-state index contributed by atoms with van der Waals surface area (Å²) in [4.78, 5) is 24.5. The molecule has 1 amide bonds. The topological polar surface area (TPSA) is 95.9 Å². The molecule has 0 bridgehead atoms. The van der Waals surface area contributed by atoms with Crippen LogP contribution in [0.15, 0.2) is 36.5 Å². The number of amides is 1. The molecule has 0 aromatic carbocycles. The number of hydrogen-bond donors (Lipinski definition) is 3. The van der Waals surface area contributed by atoms with E-state index in [0.717, 1.165) is 51.4 Å². The van der Waals surface area contributed by atoms with Crippen LogP contribution in [0.3, 0.4) is 0 Å². The summed E-state index contributed by atoms with van der Waals surface area (Å²) in [6, 6.07) is -0.624. The molecule has 69 heavy (non-hydrogen) atoms. The van der Waals surface area contributed by atoms with Gasteiger partial charge in [-0.05, 0) is 64.2 Å². The lowest BCUT2D eigenvalue weighted by atomic mass is 10.0. The maximum atomic E-state index is 12.4. The smallest absolute Gasteiger partial charge is 0.305 e. The van der Waals surface area contributed by atoms with E-state index in [1.807, 2.05) is 6.08 Å². The molecule has 0 aliphatic carbocycles. The van der Waals surface area contributed by atoms with Gasteiger partial charge in [0, 0.05) is 12.8 Å². The number of nitrogens with one attached hydrogen (secondary N) is 1. The van der Waals surface area contributed by atoms with Crippen molar-refractivity contribution < 1.29 is 24.5 Å². The van der Waals surface area contributed by atoms with Crippen molar-refractivity contribution in [3.63, 3.8) is 0 Å². The van der Waals surface area contributed by atoms with Crippen molar-refractivity contribution in [1.82, 2.24) is 5.32 Å². The normalized spacial score (nSPS) is 12.8. The molecule has 0 aromatic heterocycles. The summed E-state index contributed by atoms with van der Waals surface area (Å²) in [7, 11) is 0. The molecular formula is C63H119NO5. The van der Waals surface area contributed by atoms with E-state index in [9.17, 15) is 19.8 Å². The third kappa shape index (κ3) is 55.2. The Hall–Kier alpha value is -1.92. The molecule has 0 saturated heterocycles. The highest BCUT2D eigenvalue weighted by Gasteiger charge is 2.18. The lowest BCUT2D eigenvalue weighted by Crippen LogP contribution is -2.45. The van der Waals surface area contributed by atoms with Gasteiger partial charge in [-0.1, -0.05) is 288 Å². The van der Waals surface area contributed by atoms with Gasteiger partial charge >= 0.3 is 5.97 Å². The molecule has 2 unspecified atom stereocenters. The van der Waals surface area contributed by atoms with Crippen molar-refractivity contribution in [2.45, 2.75) is 341 Å². The van der Waals surface area contributed by atoms with Crippen LogP contribution >= 0.6 is 0 Å². The van der Waals surface area contributed by atoms with Crippen LogP contribution in [0.2, 0.25) is 0 Å². The second kappa shape index (κ2) is 58.6. The molecule has 0 saturated carbocycles. The predicted molar refractivity (Wildman–Crippen MR) is 301 cm³/mol. The van der Waals surface area contributed by atoms with Crippen molar-refractivity contribution in [2.75, 3.05) is 13.2 Å². The van der Waals surface area contributed by atoms with Crippen LogP contribution in [0, 0.1) is 0 Å². The van der Waals surface area contributed by atoms with Crippen LogP contribution in [-0.4, -0.2) is 47.4 Å². The quantitative estimate of drug-likeness (QED) is 0.0321. The van der Waals surface area contributed by atoms with Gasteiger partial charge in [0.1, 0.15) is 0 Å². The van der Waals surface area contributed by atoms with E-state index in [1.54, 1.807) is 6.08 Å². The average molecular weight is 971 g/mol. The molecule has 2 atom stereocenters. The van der Waals surface area contributed by atoms with Gasteiger partial charge in [-0.2, -0.15) is 0 Å². The van der Waals surface area contributed by atoms with Gasteiger partial charge in [0.25, 0.3) is 0 Å². The number of hydrogen-bond acceptors (Lipinski definition) is 5. The number of rotatable bonds is 57. The van der Waals surface area contributed by atoms with Gasteiger partial charge < -0.3 is 20.3 Å². The fourth-order valence-electron chi connectivity index (χ4n) is 9.43. The number of carbonyl (C=O) groups is 2. The van der Waals surface area contributed by atoms with Crippen molar-refractivity contribution >= 4 is 11.9 Å². The van der Waals surface area contributed by atoms with Gasteiger partial charge in [0.15, 0.2) is 0 Å². The first-order valence-electron chi connectivity index (χ1n) is 30.8. The molecule has 406 valence electrons. The van der Waals surface area contributed by atoms with Gasteiger partial charge in [0.2, 0.25) is 5.91 Å². The summed E-state index contributed by atoms with van der Waals surface area (Å²) in [6.45, 7) is 4.87. The Balaban J connectivity index is 3.34. The van der Waals surface area contributed by atoms with Crippen molar-refractivity contribution in [1.29, 1.82) is 0 Å². The molecule has 0 heterocycles. The summed E-state index contributed by atoms with van der Waals surface area (Å²) >= 11 is 0. The SMILES string of the molecule is CCCCCC/C=C\C/C=C\CCCCCCCCCC(=O)OCCCCCCCCCCCCCCCCCCCCCCCCCCCC(=O)NC(CO)C(O)/C=C/CCCCCCCCC. The van der Waals surface area contributed by atoms with Crippen LogP contribution in [0.5, 0.6) is 0 Å². The van der Waals surface area contributed by atoms with Crippen LogP contribution in [-0.2, 0) is 14.3 Å². The summed E-state index contributed by atoms with van der Waals surface area (Å²) in [5, 5.41) is 22.9. The Morgan fingerprint density at radius 2 is 0.725 bits per heavy atom. The third-order valence-corrected chi connectivity index (χ3v) is 14.2. The minimum atomic E-state index is -0.841. The summed E-state index contributed by atoms with van der Waals surface area (Å²) in [5.74, 6) is -0.0602. The first-order valence-corrected chi connectivity index (χ1v) is 30.8. The van der Waals surface area contributed by atoms with Crippen LogP contribution in [0.4, 0.5) is 0 Å². The zero-order valence-corrected chi connectivity index (χ0v) is 46.3. The Labute approximate surface area is 430 Å². The molecule has 0 fully saturated rings. The number of aliphatic hydroxyl groups excluding tert-OH is 2. The summed E-state index contributed by atoms with van der Waals surface area (Å²) < 4.78 is 5.49. The van der Waals surface area contributed by atoms with Crippen molar-refractivity contribution in [2.24, 2.45) is 0 Å². The lowest BCUT2D eigenvalue weighted by Gasteiger charge is -2.20. The van der Waals surface area contributed by atoms with Gasteiger partial charge in [-0.15, -0.1) is 0 Å². The van der Waals surface area contributed by atoms with E-state index in [1.165, 1.54) is 250 Å². The highest BCUT2D eigenvalue weighted by atomic mass is 16.5. The Morgan fingerprint density at radius 3 is 1.12 bits per heavy atom. The second-order valence-electron chi connectivity index (χ2n) is 21.0. The van der Waals surface area contributed by atoms with E-state index < -0.39 is 12.1 Å². The van der Waals surface area contributed by atoms with Gasteiger partial charge in [-0.3, -0.25) is 9.59 Å². The zero-order valence-electron chi connectivity index (χ0n) is 46.3. The van der Waals surface area contributed by atoms with E-state index >= 15 is 0 Å². The Morgan fingerprint density at radius 1 is 0.406 bits per heavy atom. The van der Waals surface area contributed by atoms with E-state index in [-0.39, 0.29) is 18.5 Å². The molecule has 0 spiro atoms. The predicted octanol–water partition coefficient (Wildman–Crippen LogP) is 19.2. The fraction of sp³-hybridized carbons (Fsp3) is 0.873. The monoisotopic (exact) mass is 970 g/mol. The minimum Gasteiger partial charge on any atom is -0.466 e. The van der Waals surface area contributed by atoms with Crippen molar-refractivity contribution in [3.8, 4) is 0 Å². The lowest BCUT2D eigenvalue weighted by molar-refractivity contribution is -0.143. The van der Waals surface area contributed by atoms with Crippen LogP contribution in [0.1, 0.15) is 328 Å². The van der Waals surface area contributed by atoms with E-state index in [0.29, 0.717) is 19.4 Å². The minimum absolute atomic E-state index is 0.00840. The zero-order chi connectivity index (χ0) is 50.0. The first kappa shape index (κ1) is 67.1. The molecular weight excluding hydrogens is 851 g/mol. The Kier molecular flexibility index (Phi) is 57.0. The summed E-state index contributed by atoms with van der Waals surface area (Å²) in [5.41, 5.74) is 0. The van der Waals surface area contributed by atoms with Crippen molar-refractivity contribution in [3.05, 3.63) is 36.5 Å². The number of carbonyl (C=O) groups excluding carboxylic acids is 2. The van der Waals surface area contributed by atoms with Crippen LogP contribution < -0.4 is 5.32 Å². The number of unbranched alkanes of at least 4 members (excludes halogenated alkanes) is 42. The molecule has 6 heteroatoms. The molecule has 0 aliphatic rings. The maximum Gasteiger partial charge on any atom is 0.305 e.